The maximum atomic E-state index is 13.7. The number of nitrogens with zero attached hydrogens (tertiary/aromatic N) is 4. The first-order valence-corrected chi connectivity index (χ1v) is 15.3. The average molecular weight is 587 g/mol. The monoisotopic (exact) mass is 586 g/mol. The van der Waals surface area contributed by atoms with Gasteiger partial charge >= 0.3 is 6.09 Å². The number of rotatable bonds is 8. The van der Waals surface area contributed by atoms with Gasteiger partial charge in [0.15, 0.2) is 0 Å². The van der Waals surface area contributed by atoms with Gasteiger partial charge in [-0.15, -0.1) is 0 Å². The number of likely N-dealkylation sites (tertiary alicyclic amines) is 1. The molecule has 0 N–H and O–H groups in total. The van der Waals surface area contributed by atoms with E-state index in [1.165, 1.54) is 0 Å². The molecule has 3 aromatic rings. The second kappa shape index (κ2) is 12.1. The van der Waals surface area contributed by atoms with Crippen LogP contribution in [-0.4, -0.2) is 74.2 Å². The van der Waals surface area contributed by atoms with Gasteiger partial charge in [-0.3, -0.25) is 13.5 Å². The van der Waals surface area contributed by atoms with E-state index in [1.54, 1.807) is 35.0 Å². The molecule has 4 rings (SSSR count). The SMILES string of the molecule is COc1cc(C)cc(N(CCOS(C)(=O)=O)c2ccc3ncn(C4CCN(C(=O)OC(C)(C)C)CC4)c(=O)c3c2)c1. The molecule has 0 saturated carbocycles. The van der Waals surface area contributed by atoms with E-state index in [2.05, 4.69) is 4.98 Å². The van der Waals surface area contributed by atoms with Gasteiger partial charge in [0, 0.05) is 43.1 Å². The number of methoxy groups -OCH3 is 1. The second-order valence-corrected chi connectivity index (χ2v) is 12.9. The molecule has 0 bridgehead atoms. The van der Waals surface area contributed by atoms with Gasteiger partial charge in [0.2, 0.25) is 0 Å². The van der Waals surface area contributed by atoms with E-state index in [4.69, 9.17) is 13.7 Å². The van der Waals surface area contributed by atoms with Crippen LogP contribution in [0.2, 0.25) is 0 Å². The van der Waals surface area contributed by atoms with Gasteiger partial charge in [0.1, 0.15) is 11.4 Å². The largest absolute Gasteiger partial charge is 0.497 e. The maximum Gasteiger partial charge on any atom is 0.410 e. The number of anilines is 2. The third-order valence-corrected chi connectivity index (χ3v) is 7.38. The molecular formula is C29H38N4O7S. The van der Waals surface area contributed by atoms with Crippen LogP contribution in [0.25, 0.3) is 10.9 Å². The van der Waals surface area contributed by atoms with Gasteiger partial charge in [-0.1, -0.05) is 0 Å². The van der Waals surface area contributed by atoms with Crippen LogP contribution in [0.15, 0.2) is 47.5 Å². The van der Waals surface area contributed by atoms with Crippen molar-refractivity contribution in [3.63, 3.8) is 0 Å². The van der Waals surface area contributed by atoms with Gasteiger partial charge in [0.05, 0.1) is 37.2 Å². The van der Waals surface area contributed by atoms with Crippen molar-refractivity contribution in [1.82, 2.24) is 14.5 Å². The molecule has 0 spiro atoms. The van der Waals surface area contributed by atoms with Gasteiger partial charge < -0.3 is 19.3 Å². The molecule has 1 fully saturated rings. The van der Waals surface area contributed by atoms with E-state index in [0.717, 1.165) is 17.5 Å². The number of piperidine rings is 1. The van der Waals surface area contributed by atoms with Crippen LogP contribution in [0.3, 0.4) is 0 Å². The molecule has 12 heteroatoms. The third kappa shape index (κ3) is 7.76. The Bertz CT molecular complexity index is 1570. The number of hydrogen-bond acceptors (Lipinski definition) is 9. The predicted molar refractivity (Wildman–Crippen MR) is 158 cm³/mol. The lowest BCUT2D eigenvalue weighted by atomic mass is 10.0. The molecule has 1 amide bonds. The topological polar surface area (TPSA) is 120 Å². The number of benzene rings is 2. The number of ether oxygens (including phenoxy) is 2. The van der Waals surface area contributed by atoms with Crippen LogP contribution in [0.1, 0.15) is 45.2 Å². The minimum absolute atomic E-state index is 0.0827. The fourth-order valence-electron chi connectivity index (χ4n) is 4.89. The molecule has 11 nitrogen and oxygen atoms in total. The Morgan fingerprint density at radius 3 is 2.44 bits per heavy atom. The van der Waals surface area contributed by atoms with Crippen molar-refractivity contribution in [3.8, 4) is 5.75 Å². The van der Waals surface area contributed by atoms with Crippen LogP contribution < -0.4 is 15.2 Å². The molecule has 1 aromatic heterocycles. The van der Waals surface area contributed by atoms with Crippen molar-refractivity contribution in [2.24, 2.45) is 0 Å². The summed E-state index contributed by atoms with van der Waals surface area (Å²) in [6.07, 6.45) is 3.43. The van der Waals surface area contributed by atoms with Crippen molar-refractivity contribution in [2.45, 2.75) is 52.2 Å². The smallest absolute Gasteiger partial charge is 0.410 e. The first kappa shape index (κ1) is 30.3. The summed E-state index contributed by atoms with van der Waals surface area (Å²) in [5, 5.41) is 0.438. The van der Waals surface area contributed by atoms with E-state index in [1.807, 2.05) is 56.9 Å². The minimum atomic E-state index is -3.63. The Hall–Kier alpha value is -3.64. The molecule has 0 atom stereocenters. The highest BCUT2D eigenvalue weighted by Gasteiger charge is 2.28. The number of aryl methyl sites for hydroxylation is 1. The lowest BCUT2D eigenvalue weighted by Crippen LogP contribution is -2.43. The number of fused-ring (bicyclic) bond motifs is 1. The van der Waals surface area contributed by atoms with Gasteiger partial charge in [-0.2, -0.15) is 8.42 Å². The molecule has 0 aliphatic carbocycles. The summed E-state index contributed by atoms with van der Waals surface area (Å²) in [5.41, 5.74) is 2.20. The lowest BCUT2D eigenvalue weighted by Gasteiger charge is -2.34. The summed E-state index contributed by atoms with van der Waals surface area (Å²) in [7, 11) is -2.05. The number of amides is 1. The van der Waals surface area contributed by atoms with E-state index >= 15 is 0 Å². The van der Waals surface area contributed by atoms with E-state index in [9.17, 15) is 18.0 Å². The number of hydrogen-bond donors (Lipinski definition) is 0. The van der Waals surface area contributed by atoms with Crippen molar-refractivity contribution < 1.29 is 26.9 Å². The molecule has 41 heavy (non-hydrogen) atoms. The lowest BCUT2D eigenvalue weighted by molar-refractivity contribution is 0.0187. The molecule has 2 heterocycles. The van der Waals surface area contributed by atoms with Crippen molar-refractivity contribution in [2.75, 3.05) is 44.5 Å². The highest BCUT2D eigenvalue weighted by Crippen LogP contribution is 2.31. The average Bonchev–Trinajstić information content (AvgIpc) is 2.89. The van der Waals surface area contributed by atoms with Crippen LogP contribution in [0.5, 0.6) is 5.75 Å². The Morgan fingerprint density at radius 2 is 1.80 bits per heavy atom. The summed E-state index contributed by atoms with van der Waals surface area (Å²) < 4.78 is 40.9. The summed E-state index contributed by atoms with van der Waals surface area (Å²) in [6.45, 7) is 8.53. The molecular weight excluding hydrogens is 548 g/mol. The third-order valence-electron chi connectivity index (χ3n) is 6.78. The highest BCUT2D eigenvalue weighted by molar-refractivity contribution is 7.85. The Balaban J connectivity index is 1.64. The van der Waals surface area contributed by atoms with Gasteiger partial charge in [0.25, 0.3) is 15.7 Å². The zero-order chi connectivity index (χ0) is 29.9. The fraction of sp³-hybridized carbons (Fsp3) is 0.483. The molecule has 2 aromatic carbocycles. The number of carbonyl (C=O) groups is 1. The Morgan fingerprint density at radius 1 is 1.10 bits per heavy atom. The highest BCUT2D eigenvalue weighted by atomic mass is 32.2. The first-order chi connectivity index (χ1) is 19.2. The summed E-state index contributed by atoms with van der Waals surface area (Å²) in [5.74, 6) is 0.650. The minimum Gasteiger partial charge on any atom is -0.497 e. The Kier molecular flexibility index (Phi) is 8.93. The zero-order valence-corrected chi connectivity index (χ0v) is 25.2. The molecule has 1 aliphatic rings. The van der Waals surface area contributed by atoms with Gasteiger partial charge in [-0.25, -0.2) is 9.78 Å². The van der Waals surface area contributed by atoms with E-state index in [-0.39, 0.29) is 30.8 Å². The van der Waals surface area contributed by atoms with E-state index < -0.39 is 15.7 Å². The zero-order valence-electron chi connectivity index (χ0n) is 24.4. The number of aromatic nitrogens is 2. The predicted octanol–water partition coefficient (Wildman–Crippen LogP) is 4.40. The Labute approximate surface area is 240 Å². The normalized spacial score (nSPS) is 14.7. The standard InChI is InChI=1S/C29H38N4O7S/c1-20-15-23(17-24(16-20)38-5)32(13-14-39-41(6,36)37)22-7-8-26-25(18-22)27(34)33(19-30-26)21-9-11-31(12-10-21)28(35)40-29(2,3)4/h7-8,15-19,21H,9-14H2,1-6H3. The first-order valence-electron chi connectivity index (χ1n) is 13.5. The molecule has 222 valence electrons. The number of carbonyl (C=O) groups excluding carboxylic acids is 1. The summed E-state index contributed by atoms with van der Waals surface area (Å²) >= 11 is 0. The fourth-order valence-corrected chi connectivity index (χ4v) is 5.27. The second-order valence-electron chi connectivity index (χ2n) is 11.2. The van der Waals surface area contributed by atoms with E-state index in [0.29, 0.717) is 48.3 Å². The van der Waals surface area contributed by atoms with Gasteiger partial charge in [-0.05, 0) is 76.4 Å². The summed E-state index contributed by atoms with van der Waals surface area (Å²) in [6, 6.07) is 11.0. The maximum absolute atomic E-state index is 13.7. The van der Waals surface area contributed by atoms with Crippen LogP contribution >= 0.6 is 0 Å². The molecule has 0 radical (unpaired) electrons. The molecule has 0 unspecified atom stereocenters. The van der Waals surface area contributed by atoms with Crippen molar-refractivity contribution in [1.29, 1.82) is 0 Å². The summed E-state index contributed by atoms with van der Waals surface area (Å²) in [4.78, 5) is 34.3. The molecule has 1 aliphatic heterocycles. The van der Waals surface area contributed by atoms with Crippen LogP contribution in [-0.2, 0) is 19.0 Å². The van der Waals surface area contributed by atoms with Crippen LogP contribution in [0, 0.1) is 6.92 Å². The van der Waals surface area contributed by atoms with Crippen LogP contribution in [0.4, 0.5) is 16.2 Å². The van der Waals surface area contributed by atoms with Crippen molar-refractivity contribution in [3.05, 3.63) is 58.6 Å². The van der Waals surface area contributed by atoms with Crippen molar-refractivity contribution >= 4 is 38.5 Å². The molecule has 1 saturated heterocycles. The quantitative estimate of drug-likeness (QED) is 0.354.